The van der Waals surface area contributed by atoms with Crippen molar-refractivity contribution in [2.24, 2.45) is 0 Å². The second-order valence-electron chi connectivity index (χ2n) is 6.15. The zero-order valence-electron chi connectivity index (χ0n) is 15.5. The van der Waals surface area contributed by atoms with Crippen molar-refractivity contribution >= 4 is 33.2 Å². The van der Waals surface area contributed by atoms with Crippen LogP contribution < -0.4 is 19.1 Å². The zero-order chi connectivity index (χ0) is 20.3. The van der Waals surface area contributed by atoms with Crippen LogP contribution in [0.15, 0.2) is 47.4 Å². The van der Waals surface area contributed by atoms with Crippen LogP contribution in [0, 0.1) is 0 Å². The number of imide groups is 1. The second kappa shape index (κ2) is 7.89. The molecule has 8 nitrogen and oxygen atoms in total. The van der Waals surface area contributed by atoms with Crippen LogP contribution in [0.2, 0.25) is 0 Å². The maximum absolute atomic E-state index is 13.0. The molecule has 0 atom stereocenters. The van der Waals surface area contributed by atoms with Gasteiger partial charge in [-0.15, -0.1) is 0 Å². The molecule has 0 unspecified atom stereocenters. The number of benzene rings is 2. The van der Waals surface area contributed by atoms with E-state index in [4.69, 9.17) is 9.47 Å². The van der Waals surface area contributed by atoms with Gasteiger partial charge in [0.1, 0.15) is 16.4 Å². The molecule has 0 spiro atoms. The third-order valence-corrected chi connectivity index (χ3v) is 5.70. The molecule has 0 bridgehead atoms. The molecule has 3 rings (SSSR count). The van der Waals surface area contributed by atoms with E-state index in [1.807, 2.05) is 0 Å². The summed E-state index contributed by atoms with van der Waals surface area (Å²) in [6, 6.07) is 10.6. The first-order valence-electron chi connectivity index (χ1n) is 8.56. The number of sulfonamides is 1. The minimum Gasteiger partial charge on any atom is -0.497 e. The number of ether oxygens (including phenoxy) is 2. The van der Waals surface area contributed by atoms with Crippen molar-refractivity contribution in [2.75, 3.05) is 23.8 Å². The summed E-state index contributed by atoms with van der Waals surface area (Å²) in [7, 11) is -1.23. The predicted molar refractivity (Wildman–Crippen MR) is 103 cm³/mol. The number of nitrogens with zero attached hydrogens (tertiary/aromatic N) is 1. The highest BCUT2D eigenvalue weighted by molar-refractivity contribution is 7.92. The van der Waals surface area contributed by atoms with Crippen LogP contribution in [-0.4, -0.2) is 34.5 Å². The fourth-order valence-corrected chi connectivity index (χ4v) is 4.19. The lowest BCUT2D eigenvalue weighted by Gasteiger charge is -2.25. The Morgan fingerprint density at radius 3 is 2.32 bits per heavy atom. The molecule has 0 radical (unpaired) electrons. The van der Waals surface area contributed by atoms with Crippen LogP contribution in [0.5, 0.6) is 11.5 Å². The number of hydrogen-bond donors (Lipinski definition) is 1. The fourth-order valence-electron chi connectivity index (χ4n) is 2.95. The lowest BCUT2D eigenvalue weighted by atomic mass is 10.1. The summed E-state index contributed by atoms with van der Waals surface area (Å²) < 4.78 is 38.7. The van der Waals surface area contributed by atoms with Crippen LogP contribution >= 0.6 is 0 Å². The third-order valence-electron chi connectivity index (χ3n) is 4.30. The Kier molecular flexibility index (Phi) is 5.55. The average Bonchev–Trinajstić information content (AvgIpc) is 2.67. The number of anilines is 2. The van der Waals surface area contributed by atoms with E-state index in [0.29, 0.717) is 17.9 Å². The maximum Gasteiger partial charge on any atom is 0.265 e. The number of rotatable bonds is 6. The van der Waals surface area contributed by atoms with Gasteiger partial charge < -0.3 is 9.47 Å². The molecule has 1 fully saturated rings. The molecule has 1 aliphatic heterocycles. The summed E-state index contributed by atoms with van der Waals surface area (Å²) in [6.45, 7) is 0. The van der Waals surface area contributed by atoms with E-state index in [-0.39, 0.29) is 41.0 Å². The molecule has 0 saturated carbocycles. The maximum atomic E-state index is 13.0. The van der Waals surface area contributed by atoms with Gasteiger partial charge in [-0.05, 0) is 36.8 Å². The number of carbonyl (C=O) groups is 2. The summed E-state index contributed by atoms with van der Waals surface area (Å²) in [5.74, 6) is -0.127. The van der Waals surface area contributed by atoms with Gasteiger partial charge in [-0.25, -0.2) is 8.42 Å². The van der Waals surface area contributed by atoms with Gasteiger partial charge in [-0.2, -0.15) is 0 Å². The quantitative estimate of drug-likeness (QED) is 0.743. The fraction of sp³-hybridized carbons (Fsp3) is 0.263. The highest BCUT2D eigenvalue weighted by Gasteiger charge is 2.29. The van der Waals surface area contributed by atoms with Gasteiger partial charge in [0.2, 0.25) is 11.8 Å². The molecule has 0 aliphatic carbocycles. The lowest BCUT2D eigenvalue weighted by molar-refractivity contribution is -0.129. The molecule has 1 N–H and O–H groups in total. The summed E-state index contributed by atoms with van der Waals surface area (Å²) in [5, 5.41) is 0. The summed E-state index contributed by atoms with van der Waals surface area (Å²) >= 11 is 0. The van der Waals surface area contributed by atoms with Crippen molar-refractivity contribution < 1.29 is 27.5 Å². The highest BCUT2D eigenvalue weighted by Crippen LogP contribution is 2.32. The van der Waals surface area contributed by atoms with Crippen LogP contribution in [0.25, 0.3) is 0 Å². The van der Waals surface area contributed by atoms with E-state index in [2.05, 4.69) is 4.72 Å². The molecule has 2 amide bonds. The van der Waals surface area contributed by atoms with Gasteiger partial charge in [0.05, 0.1) is 25.6 Å². The van der Waals surface area contributed by atoms with Gasteiger partial charge in [-0.3, -0.25) is 19.2 Å². The van der Waals surface area contributed by atoms with Crippen molar-refractivity contribution in [1.29, 1.82) is 0 Å². The Morgan fingerprint density at radius 1 is 0.964 bits per heavy atom. The Balaban J connectivity index is 2.01. The predicted octanol–water partition coefficient (Wildman–Crippen LogP) is 2.55. The Morgan fingerprint density at radius 2 is 1.68 bits per heavy atom. The number of piperidine rings is 1. The number of nitrogens with one attached hydrogen (secondary N) is 1. The molecule has 2 aromatic rings. The van der Waals surface area contributed by atoms with E-state index in [1.165, 1.54) is 38.5 Å². The number of carbonyl (C=O) groups excluding carboxylic acids is 2. The van der Waals surface area contributed by atoms with Gasteiger partial charge in [0.25, 0.3) is 10.0 Å². The molecular formula is C19H20N2O6S. The smallest absolute Gasteiger partial charge is 0.265 e. The van der Waals surface area contributed by atoms with E-state index in [0.717, 1.165) is 4.90 Å². The second-order valence-corrected chi connectivity index (χ2v) is 7.80. The molecule has 28 heavy (non-hydrogen) atoms. The summed E-state index contributed by atoms with van der Waals surface area (Å²) in [4.78, 5) is 25.2. The molecule has 1 heterocycles. The Labute approximate surface area is 163 Å². The Bertz CT molecular complexity index is 1000. The first-order valence-corrected chi connectivity index (χ1v) is 10.0. The monoisotopic (exact) mass is 404 g/mol. The SMILES string of the molecule is COc1cccc(NS(=O)(=O)c2cc(N3C(=O)CCCC3=O)ccc2OC)c1. The molecule has 148 valence electrons. The van der Waals surface area contributed by atoms with E-state index >= 15 is 0 Å². The van der Waals surface area contributed by atoms with Gasteiger partial charge in [-0.1, -0.05) is 6.07 Å². The number of methoxy groups -OCH3 is 2. The highest BCUT2D eigenvalue weighted by atomic mass is 32.2. The minimum atomic E-state index is -4.06. The average molecular weight is 404 g/mol. The van der Waals surface area contributed by atoms with Crippen molar-refractivity contribution in [2.45, 2.75) is 24.2 Å². The van der Waals surface area contributed by atoms with Crippen LogP contribution in [0.4, 0.5) is 11.4 Å². The number of amides is 2. The van der Waals surface area contributed by atoms with E-state index in [9.17, 15) is 18.0 Å². The molecule has 0 aromatic heterocycles. The normalized spacial score (nSPS) is 14.7. The molecule has 1 aliphatic rings. The first-order chi connectivity index (χ1) is 13.4. The first kappa shape index (κ1) is 19.7. The molecule has 2 aromatic carbocycles. The Hall–Kier alpha value is -3.07. The minimum absolute atomic E-state index is 0.0936. The van der Waals surface area contributed by atoms with E-state index in [1.54, 1.807) is 18.2 Å². The van der Waals surface area contributed by atoms with Gasteiger partial charge >= 0.3 is 0 Å². The zero-order valence-corrected chi connectivity index (χ0v) is 16.3. The number of hydrogen-bond acceptors (Lipinski definition) is 6. The van der Waals surface area contributed by atoms with Gasteiger partial charge in [0, 0.05) is 18.9 Å². The van der Waals surface area contributed by atoms with Crippen LogP contribution in [0.1, 0.15) is 19.3 Å². The van der Waals surface area contributed by atoms with E-state index < -0.39 is 10.0 Å². The molecule has 9 heteroatoms. The summed E-state index contributed by atoms with van der Waals surface area (Å²) in [6.07, 6.45) is 0.969. The molecular weight excluding hydrogens is 384 g/mol. The van der Waals surface area contributed by atoms with Gasteiger partial charge in [0.15, 0.2) is 0 Å². The van der Waals surface area contributed by atoms with Crippen molar-refractivity contribution in [3.63, 3.8) is 0 Å². The third kappa shape index (κ3) is 3.94. The molecule has 1 saturated heterocycles. The lowest BCUT2D eigenvalue weighted by Crippen LogP contribution is -2.40. The van der Waals surface area contributed by atoms with Crippen LogP contribution in [-0.2, 0) is 19.6 Å². The van der Waals surface area contributed by atoms with Crippen molar-refractivity contribution in [3.8, 4) is 11.5 Å². The van der Waals surface area contributed by atoms with Crippen molar-refractivity contribution in [1.82, 2.24) is 0 Å². The summed E-state index contributed by atoms with van der Waals surface area (Å²) in [5.41, 5.74) is 0.499. The standard InChI is InChI=1S/C19H20N2O6S/c1-26-15-6-3-5-13(11-15)20-28(24,25)17-12-14(9-10-16(17)27-2)21-18(22)7-4-8-19(21)23/h3,5-6,9-12,20H,4,7-8H2,1-2H3. The van der Waals surface area contributed by atoms with Crippen LogP contribution in [0.3, 0.4) is 0 Å². The largest absolute Gasteiger partial charge is 0.497 e. The van der Waals surface area contributed by atoms with Crippen molar-refractivity contribution in [3.05, 3.63) is 42.5 Å². The topological polar surface area (TPSA) is 102 Å².